The molecule has 25 heavy (non-hydrogen) atoms. The normalized spacial score (nSPS) is 18.8. The Kier molecular flexibility index (Phi) is 4.13. The lowest BCUT2D eigenvalue weighted by Crippen LogP contribution is -2.29. The van der Waals surface area contributed by atoms with Crippen molar-refractivity contribution in [3.8, 4) is 0 Å². The molecule has 1 saturated heterocycles. The summed E-state index contributed by atoms with van der Waals surface area (Å²) in [5.74, 6) is 1.22. The predicted molar refractivity (Wildman–Crippen MR) is 98.0 cm³/mol. The zero-order valence-electron chi connectivity index (χ0n) is 14.2. The molecule has 1 aliphatic heterocycles. The molecule has 1 unspecified atom stereocenters. The van der Waals surface area contributed by atoms with Crippen molar-refractivity contribution in [2.45, 2.75) is 24.7 Å². The Hall–Kier alpha value is -2.11. The van der Waals surface area contributed by atoms with Crippen LogP contribution in [0.15, 0.2) is 63.9 Å². The highest BCUT2D eigenvalue weighted by Crippen LogP contribution is 2.28. The third kappa shape index (κ3) is 3.22. The average molecular weight is 355 g/mol. The summed E-state index contributed by atoms with van der Waals surface area (Å²) in [6, 6.07) is 17.1. The number of rotatable bonds is 4. The van der Waals surface area contributed by atoms with Gasteiger partial charge in [0.15, 0.2) is 0 Å². The highest BCUT2D eigenvalue weighted by molar-refractivity contribution is 7.89. The fourth-order valence-corrected chi connectivity index (χ4v) is 4.99. The van der Waals surface area contributed by atoms with Gasteiger partial charge in [-0.15, -0.1) is 0 Å². The monoisotopic (exact) mass is 355 g/mol. The molecular formula is C20H21NO3S. The van der Waals surface area contributed by atoms with E-state index in [9.17, 15) is 8.42 Å². The van der Waals surface area contributed by atoms with Gasteiger partial charge in [-0.3, -0.25) is 0 Å². The SMILES string of the molecule is Cc1ccc(S(=O)(=O)N2CCC(Cc3cc4ccccc4o3)C2)cc1. The second kappa shape index (κ2) is 6.32. The summed E-state index contributed by atoms with van der Waals surface area (Å²) in [5.41, 5.74) is 1.95. The molecule has 0 radical (unpaired) electrons. The quantitative estimate of drug-likeness (QED) is 0.711. The summed E-state index contributed by atoms with van der Waals surface area (Å²) in [4.78, 5) is 0.377. The lowest BCUT2D eigenvalue weighted by atomic mass is 10.0. The van der Waals surface area contributed by atoms with Crippen molar-refractivity contribution >= 4 is 21.0 Å². The smallest absolute Gasteiger partial charge is 0.243 e. The maximum absolute atomic E-state index is 12.8. The molecule has 4 rings (SSSR count). The predicted octanol–water partition coefficient (Wildman–Crippen LogP) is 3.99. The molecule has 0 aliphatic carbocycles. The van der Waals surface area contributed by atoms with E-state index in [0.717, 1.165) is 35.1 Å². The van der Waals surface area contributed by atoms with Gasteiger partial charge in [-0.2, -0.15) is 4.31 Å². The van der Waals surface area contributed by atoms with Gasteiger partial charge in [-0.1, -0.05) is 35.9 Å². The van der Waals surface area contributed by atoms with Crippen LogP contribution in [0.3, 0.4) is 0 Å². The Balaban J connectivity index is 1.48. The van der Waals surface area contributed by atoms with Crippen LogP contribution < -0.4 is 0 Å². The van der Waals surface area contributed by atoms with Crippen LogP contribution in [0.4, 0.5) is 0 Å². The van der Waals surface area contributed by atoms with Crippen molar-refractivity contribution in [3.63, 3.8) is 0 Å². The Morgan fingerprint density at radius 3 is 2.64 bits per heavy atom. The lowest BCUT2D eigenvalue weighted by Gasteiger charge is -2.16. The first-order valence-electron chi connectivity index (χ1n) is 8.57. The van der Waals surface area contributed by atoms with Crippen LogP contribution in [-0.4, -0.2) is 25.8 Å². The van der Waals surface area contributed by atoms with Crippen LogP contribution in [0, 0.1) is 12.8 Å². The van der Waals surface area contributed by atoms with E-state index in [2.05, 4.69) is 6.07 Å². The van der Waals surface area contributed by atoms with E-state index < -0.39 is 10.0 Å². The van der Waals surface area contributed by atoms with Gasteiger partial charge < -0.3 is 4.42 Å². The van der Waals surface area contributed by atoms with Crippen molar-refractivity contribution in [2.24, 2.45) is 5.92 Å². The van der Waals surface area contributed by atoms with E-state index in [1.807, 2.05) is 43.3 Å². The Bertz CT molecular complexity index is 956. The summed E-state index contributed by atoms with van der Waals surface area (Å²) in [6.45, 7) is 3.07. The number of benzene rings is 2. The summed E-state index contributed by atoms with van der Waals surface area (Å²) < 4.78 is 33.1. The minimum atomic E-state index is -3.40. The number of hydrogen-bond acceptors (Lipinski definition) is 3. The zero-order chi connectivity index (χ0) is 17.4. The van der Waals surface area contributed by atoms with Gasteiger partial charge >= 0.3 is 0 Å². The molecule has 0 N–H and O–H groups in total. The number of sulfonamides is 1. The number of furan rings is 1. The molecule has 3 aromatic rings. The summed E-state index contributed by atoms with van der Waals surface area (Å²) >= 11 is 0. The van der Waals surface area contributed by atoms with Gasteiger partial charge in [-0.05, 0) is 43.5 Å². The average Bonchev–Trinajstić information content (AvgIpc) is 3.22. The molecule has 5 heteroatoms. The molecule has 2 heterocycles. The van der Waals surface area contributed by atoms with Crippen molar-refractivity contribution in [1.82, 2.24) is 4.31 Å². The topological polar surface area (TPSA) is 50.5 Å². The molecule has 2 aromatic carbocycles. The van der Waals surface area contributed by atoms with Crippen LogP contribution >= 0.6 is 0 Å². The molecule has 1 aliphatic rings. The highest BCUT2D eigenvalue weighted by Gasteiger charge is 2.32. The standard InChI is InChI=1S/C20H21NO3S/c1-15-6-8-19(9-7-15)25(22,23)21-11-10-16(14-21)12-18-13-17-4-2-3-5-20(17)24-18/h2-9,13,16H,10-12,14H2,1H3. The minimum absolute atomic E-state index is 0.292. The fraction of sp³-hybridized carbons (Fsp3) is 0.300. The van der Waals surface area contributed by atoms with Crippen LogP contribution in [-0.2, 0) is 16.4 Å². The highest BCUT2D eigenvalue weighted by atomic mass is 32.2. The number of hydrogen-bond donors (Lipinski definition) is 0. The van der Waals surface area contributed by atoms with E-state index in [4.69, 9.17) is 4.42 Å². The molecule has 4 nitrogen and oxygen atoms in total. The molecule has 1 fully saturated rings. The summed E-state index contributed by atoms with van der Waals surface area (Å²) in [5, 5.41) is 1.10. The van der Waals surface area contributed by atoms with E-state index in [1.165, 1.54) is 0 Å². The largest absolute Gasteiger partial charge is 0.461 e. The third-order valence-electron chi connectivity index (χ3n) is 4.87. The Morgan fingerprint density at radius 1 is 1.12 bits per heavy atom. The van der Waals surface area contributed by atoms with Crippen LogP contribution in [0.2, 0.25) is 0 Å². The number of nitrogens with zero attached hydrogens (tertiary/aromatic N) is 1. The minimum Gasteiger partial charge on any atom is -0.461 e. The van der Waals surface area contributed by atoms with E-state index in [0.29, 0.717) is 23.9 Å². The molecule has 0 bridgehead atoms. The van der Waals surface area contributed by atoms with Gasteiger partial charge in [0.2, 0.25) is 10.0 Å². The second-order valence-electron chi connectivity index (χ2n) is 6.79. The first-order valence-corrected chi connectivity index (χ1v) is 10.0. The van der Waals surface area contributed by atoms with Crippen LogP contribution in [0.25, 0.3) is 11.0 Å². The second-order valence-corrected chi connectivity index (χ2v) is 8.72. The van der Waals surface area contributed by atoms with E-state index in [1.54, 1.807) is 16.4 Å². The molecular weight excluding hydrogens is 334 g/mol. The fourth-order valence-electron chi connectivity index (χ4n) is 3.46. The number of para-hydroxylation sites is 1. The number of aryl methyl sites for hydroxylation is 1. The third-order valence-corrected chi connectivity index (χ3v) is 6.75. The van der Waals surface area contributed by atoms with Crippen LogP contribution in [0.1, 0.15) is 17.7 Å². The lowest BCUT2D eigenvalue weighted by molar-refractivity contribution is 0.436. The van der Waals surface area contributed by atoms with Crippen molar-refractivity contribution in [3.05, 3.63) is 65.9 Å². The van der Waals surface area contributed by atoms with Gasteiger partial charge in [0.1, 0.15) is 11.3 Å². The molecule has 1 atom stereocenters. The summed E-state index contributed by atoms with van der Waals surface area (Å²) in [7, 11) is -3.40. The van der Waals surface area contributed by atoms with Crippen LogP contribution in [0.5, 0.6) is 0 Å². The maximum atomic E-state index is 12.8. The maximum Gasteiger partial charge on any atom is 0.243 e. The van der Waals surface area contributed by atoms with E-state index in [-0.39, 0.29) is 0 Å². The molecule has 0 amide bonds. The molecule has 0 spiro atoms. The Labute approximate surface area is 148 Å². The van der Waals surface area contributed by atoms with Crippen molar-refractivity contribution in [2.75, 3.05) is 13.1 Å². The van der Waals surface area contributed by atoms with Crippen molar-refractivity contribution < 1.29 is 12.8 Å². The van der Waals surface area contributed by atoms with E-state index >= 15 is 0 Å². The molecule has 130 valence electrons. The van der Waals surface area contributed by atoms with Gasteiger partial charge in [-0.25, -0.2) is 8.42 Å². The van der Waals surface area contributed by atoms with Crippen molar-refractivity contribution in [1.29, 1.82) is 0 Å². The molecule has 1 aromatic heterocycles. The summed E-state index contributed by atoms with van der Waals surface area (Å²) in [6.07, 6.45) is 1.64. The first-order chi connectivity index (χ1) is 12.0. The molecule has 0 saturated carbocycles. The van der Waals surface area contributed by atoms with Gasteiger partial charge in [0.05, 0.1) is 4.90 Å². The number of fused-ring (bicyclic) bond motifs is 1. The first kappa shape index (κ1) is 16.4. The van der Waals surface area contributed by atoms with Gasteiger partial charge in [0, 0.05) is 24.9 Å². The zero-order valence-corrected chi connectivity index (χ0v) is 15.0. The Morgan fingerprint density at radius 2 is 1.88 bits per heavy atom. The van der Waals surface area contributed by atoms with Gasteiger partial charge in [0.25, 0.3) is 0 Å².